The molecule has 3 aromatic carbocycles. The van der Waals surface area contributed by atoms with E-state index in [1.807, 2.05) is 23.0 Å². The molecule has 0 radical (unpaired) electrons. The monoisotopic (exact) mass is 365 g/mol. The molecule has 122 valence electrons. The highest BCUT2D eigenvalue weighted by Gasteiger charge is 2.12. The standard InChI is InChI=1S/C20H13Cl2N3/c21-16-9-13-11-23-25(20(13)10-17(16)22)12-24-18-7-3-1-5-14(18)15-6-2-4-8-19(15)24/h1-11H,12H2. The molecule has 25 heavy (non-hydrogen) atoms. The molecule has 5 heteroatoms. The summed E-state index contributed by atoms with van der Waals surface area (Å²) in [7, 11) is 0. The summed E-state index contributed by atoms with van der Waals surface area (Å²) >= 11 is 12.3. The molecule has 0 saturated carbocycles. The van der Waals surface area contributed by atoms with Crippen molar-refractivity contribution in [3.8, 4) is 0 Å². The number of aromatic nitrogens is 3. The van der Waals surface area contributed by atoms with E-state index in [-0.39, 0.29) is 0 Å². The molecule has 2 heterocycles. The van der Waals surface area contributed by atoms with Gasteiger partial charge in [-0.2, -0.15) is 5.10 Å². The first-order valence-corrected chi connectivity index (χ1v) is 8.74. The maximum atomic E-state index is 6.21. The molecule has 0 spiro atoms. The van der Waals surface area contributed by atoms with Crippen LogP contribution < -0.4 is 0 Å². The van der Waals surface area contributed by atoms with Crippen molar-refractivity contribution in [2.75, 3.05) is 0 Å². The van der Waals surface area contributed by atoms with Crippen molar-refractivity contribution in [2.45, 2.75) is 6.67 Å². The van der Waals surface area contributed by atoms with Gasteiger partial charge in [-0.3, -0.25) is 0 Å². The Hall–Kier alpha value is -2.49. The van der Waals surface area contributed by atoms with Gasteiger partial charge < -0.3 is 4.57 Å². The zero-order chi connectivity index (χ0) is 17.0. The number of nitrogens with zero attached hydrogens (tertiary/aromatic N) is 3. The van der Waals surface area contributed by atoms with Crippen molar-refractivity contribution in [3.63, 3.8) is 0 Å². The number of rotatable bonds is 2. The minimum absolute atomic E-state index is 0.540. The van der Waals surface area contributed by atoms with Gasteiger partial charge in [0.05, 0.1) is 32.8 Å². The van der Waals surface area contributed by atoms with Gasteiger partial charge in [0.25, 0.3) is 0 Å². The third-order valence-electron chi connectivity index (χ3n) is 4.64. The van der Waals surface area contributed by atoms with Crippen LogP contribution in [0.1, 0.15) is 0 Å². The van der Waals surface area contributed by atoms with E-state index in [0.717, 1.165) is 10.9 Å². The van der Waals surface area contributed by atoms with Crippen LogP contribution in [0.4, 0.5) is 0 Å². The summed E-state index contributed by atoms with van der Waals surface area (Å²) in [5.41, 5.74) is 3.34. The Bertz CT molecular complexity index is 1200. The zero-order valence-electron chi connectivity index (χ0n) is 13.2. The van der Waals surface area contributed by atoms with Crippen molar-refractivity contribution in [3.05, 3.63) is 76.9 Å². The van der Waals surface area contributed by atoms with Crippen LogP contribution in [0, 0.1) is 0 Å². The number of halogens is 2. The van der Waals surface area contributed by atoms with E-state index < -0.39 is 0 Å². The smallest absolute Gasteiger partial charge is 0.117 e. The highest BCUT2D eigenvalue weighted by atomic mass is 35.5. The van der Waals surface area contributed by atoms with Crippen molar-refractivity contribution in [2.24, 2.45) is 0 Å². The van der Waals surface area contributed by atoms with Gasteiger partial charge >= 0.3 is 0 Å². The van der Waals surface area contributed by atoms with Crippen LogP contribution >= 0.6 is 23.2 Å². The summed E-state index contributed by atoms with van der Waals surface area (Å²) in [5.74, 6) is 0. The lowest BCUT2D eigenvalue weighted by Gasteiger charge is -2.09. The SMILES string of the molecule is Clc1cc2cnn(Cn3c4ccccc4c4ccccc43)c2cc1Cl. The second-order valence-corrected chi connectivity index (χ2v) is 6.89. The van der Waals surface area contributed by atoms with E-state index in [0.29, 0.717) is 16.7 Å². The number of hydrogen-bond acceptors (Lipinski definition) is 1. The van der Waals surface area contributed by atoms with Gasteiger partial charge in [-0.05, 0) is 24.3 Å². The molecular formula is C20H13Cl2N3. The van der Waals surface area contributed by atoms with Gasteiger partial charge in [0.1, 0.15) is 6.67 Å². The molecular weight excluding hydrogens is 353 g/mol. The average molecular weight is 366 g/mol. The van der Waals surface area contributed by atoms with Gasteiger partial charge in [0, 0.05) is 16.2 Å². The molecule has 2 aromatic heterocycles. The quantitative estimate of drug-likeness (QED) is 0.378. The Morgan fingerprint density at radius 1 is 0.760 bits per heavy atom. The summed E-state index contributed by atoms with van der Waals surface area (Å²) < 4.78 is 4.23. The molecule has 0 N–H and O–H groups in total. The highest BCUT2D eigenvalue weighted by molar-refractivity contribution is 6.42. The van der Waals surface area contributed by atoms with Gasteiger partial charge in [-0.1, -0.05) is 59.6 Å². The molecule has 0 aliphatic carbocycles. The number of fused-ring (bicyclic) bond motifs is 4. The lowest BCUT2D eigenvalue weighted by Crippen LogP contribution is -2.09. The fourth-order valence-corrected chi connectivity index (χ4v) is 3.81. The fourth-order valence-electron chi connectivity index (χ4n) is 3.48. The minimum Gasteiger partial charge on any atom is -0.320 e. The zero-order valence-corrected chi connectivity index (χ0v) is 14.7. The summed E-state index contributed by atoms with van der Waals surface area (Å²) in [6.45, 7) is 0.607. The van der Waals surface area contributed by atoms with Crippen molar-refractivity contribution in [1.29, 1.82) is 0 Å². The van der Waals surface area contributed by atoms with Crippen molar-refractivity contribution < 1.29 is 0 Å². The summed E-state index contributed by atoms with van der Waals surface area (Å²) in [4.78, 5) is 0. The largest absolute Gasteiger partial charge is 0.320 e. The van der Waals surface area contributed by atoms with E-state index in [2.05, 4.69) is 58.2 Å². The van der Waals surface area contributed by atoms with E-state index >= 15 is 0 Å². The maximum absolute atomic E-state index is 6.21. The normalized spacial score (nSPS) is 11.8. The summed E-state index contributed by atoms with van der Waals surface area (Å²) in [5, 5.41) is 9.10. The predicted molar refractivity (Wildman–Crippen MR) is 105 cm³/mol. The Labute approximate surface area is 154 Å². The van der Waals surface area contributed by atoms with Crippen LogP contribution in [0.5, 0.6) is 0 Å². The topological polar surface area (TPSA) is 22.8 Å². The lowest BCUT2D eigenvalue weighted by atomic mass is 10.2. The van der Waals surface area contributed by atoms with Crippen LogP contribution in [0.2, 0.25) is 10.0 Å². The molecule has 3 nitrogen and oxygen atoms in total. The van der Waals surface area contributed by atoms with Crippen LogP contribution in [0.25, 0.3) is 32.7 Å². The van der Waals surface area contributed by atoms with Gasteiger partial charge in [0.15, 0.2) is 0 Å². The second kappa shape index (κ2) is 5.51. The first-order chi connectivity index (χ1) is 12.2. The summed E-state index contributed by atoms with van der Waals surface area (Å²) in [6, 6.07) is 20.6. The molecule has 5 rings (SSSR count). The molecule has 5 aromatic rings. The molecule has 0 fully saturated rings. The third-order valence-corrected chi connectivity index (χ3v) is 5.36. The number of para-hydroxylation sites is 2. The minimum atomic E-state index is 0.540. The van der Waals surface area contributed by atoms with E-state index in [4.69, 9.17) is 23.2 Å². The van der Waals surface area contributed by atoms with Gasteiger partial charge in [-0.15, -0.1) is 0 Å². The highest BCUT2D eigenvalue weighted by Crippen LogP contribution is 2.31. The van der Waals surface area contributed by atoms with Crippen molar-refractivity contribution in [1.82, 2.24) is 14.3 Å². The predicted octanol–water partition coefficient (Wildman–Crippen LogP) is 5.96. The first kappa shape index (κ1) is 14.8. The third kappa shape index (κ3) is 2.24. The first-order valence-electron chi connectivity index (χ1n) is 7.99. The van der Waals surface area contributed by atoms with E-state index in [9.17, 15) is 0 Å². The summed E-state index contributed by atoms with van der Waals surface area (Å²) in [6.07, 6.45) is 1.82. The fraction of sp³-hybridized carbons (Fsp3) is 0.0500. The molecule has 0 saturated heterocycles. The molecule has 0 unspecified atom stereocenters. The molecule has 0 aliphatic heterocycles. The van der Waals surface area contributed by atoms with E-state index in [1.54, 1.807) is 0 Å². The molecule has 0 bridgehead atoms. The second-order valence-electron chi connectivity index (χ2n) is 6.07. The molecule has 0 amide bonds. The Balaban J connectivity index is 1.75. The van der Waals surface area contributed by atoms with Crippen LogP contribution in [-0.4, -0.2) is 14.3 Å². The van der Waals surface area contributed by atoms with Gasteiger partial charge in [0.2, 0.25) is 0 Å². The Kier molecular flexibility index (Phi) is 3.27. The number of benzene rings is 3. The molecule has 0 aliphatic rings. The van der Waals surface area contributed by atoms with Crippen LogP contribution in [-0.2, 0) is 6.67 Å². The lowest BCUT2D eigenvalue weighted by molar-refractivity contribution is 0.591. The Morgan fingerprint density at radius 2 is 1.36 bits per heavy atom. The van der Waals surface area contributed by atoms with Gasteiger partial charge in [-0.25, -0.2) is 4.68 Å². The van der Waals surface area contributed by atoms with Crippen LogP contribution in [0.3, 0.4) is 0 Å². The maximum Gasteiger partial charge on any atom is 0.117 e. The Morgan fingerprint density at radius 3 is 2.04 bits per heavy atom. The van der Waals surface area contributed by atoms with Crippen LogP contribution in [0.15, 0.2) is 66.9 Å². The molecule has 0 atom stereocenters. The van der Waals surface area contributed by atoms with E-state index in [1.165, 1.54) is 21.8 Å². The number of hydrogen-bond donors (Lipinski definition) is 0. The van der Waals surface area contributed by atoms with Crippen molar-refractivity contribution >= 4 is 55.9 Å². The average Bonchev–Trinajstić information content (AvgIpc) is 3.16.